The van der Waals surface area contributed by atoms with Crippen molar-refractivity contribution in [3.63, 3.8) is 0 Å². The van der Waals surface area contributed by atoms with Gasteiger partial charge in [0.15, 0.2) is 0 Å². The Morgan fingerprint density at radius 3 is 2.50 bits per heavy atom. The second-order valence-corrected chi connectivity index (χ2v) is 6.18. The first-order chi connectivity index (χ1) is 9.61. The van der Waals surface area contributed by atoms with Gasteiger partial charge in [0.1, 0.15) is 5.75 Å². The molecule has 0 spiro atoms. The molecule has 2 N–H and O–H groups in total. The van der Waals surface area contributed by atoms with E-state index in [-0.39, 0.29) is 5.41 Å². The van der Waals surface area contributed by atoms with Crippen LogP contribution in [0.1, 0.15) is 33.1 Å². The minimum atomic E-state index is 0.253. The third-order valence-electron chi connectivity index (χ3n) is 3.79. The highest BCUT2D eigenvalue weighted by molar-refractivity contribution is 5.83. The summed E-state index contributed by atoms with van der Waals surface area (Å²) in [7, 11) is 0. The lowest BCUT2D eigenvalue weighted by atomic mass is 9.87. The Bertz CT molecular complexity index is 548. The lowest BCUT2D eigenvalue weighted by Gasteiger charge is -2.21. The van der Waals surface area contributed by atoms with E-state index in [0.717, 1.165) is 38.2 Å². The van der Waals surface area contributed by atoms with Gasteiger partial charge in [-0.05, 0) is 54.1 Å². The first-order valence-corrected chi connectivity index (χ1v) is 7.42. The van der Waals surface area contributed by atoms with Crippen LogP contribution in [0.4, 0.5) is 0 Å². The van der Waals surface area contributed by atoms with Crippen molar-refractivity contribution in [3.8, 4) is 5.75 Å². The SMILES string of the molecule is CC(C)(CN)CCCCOc1ccc2ccccc2c1. The molecule has 2 aromatic carbocycles. The predicted molar refractivity (Wildman–Crippen MR) is 86.1 cm³/mol. The zero-order valence-corrected chi connectivity index (χ0v) is 12.6. The van der Waals surface area contributed by atoms with E-state index < -0.39 is 0 Å². The zero-order chi connectivity index (χ0) is 14.4. The largest absolute Gasteiger partial charge is 0.494 e. The second-order valence-electron chi connectivity index (χ2n) is 6.18. The summed E-state index contributed by atoms with van der Waals surface area (Å²) in [6, 6.07) is 14.6. The molecule has 2 heteroatoms. The molecule has 0 saturated heterocycles. The van der Waals surface area contributed by atoms with Crippen LogP contribution in [-0.2, 0) is 0 Å². The Morgan fingerprint density at radius 1 is 1.00 bits per heavy atom. The average Bonchev–Trinajstić information content (AvgIpc) is 2.46. The molecule has 2 aromatic rings. The molecule has 0 aromatic heterocycles. The zero-order valence-electron chi connectivity index (χ0n) is 12.6. The summed E-state index contributed by atoms with van der Waals surface area (Å²) in [4.78, 5) is 0. The lowest BCUT2D eigenvalue weighted by Crippen LogP contribution is -2.23. The standard InChI is InChI=1S/C18H25NO/c1-18(2,14-19)11-5-6-12-20-17-10-9-15-7-3-4-8-16(15)13-17/h3-4,7-10,13H,5-6,11-12,14,19H2,1-2H3. The quantitative estimate of drug-likeness (QED) is 0.759. The van der Waals surface area contributed by atoms with Crippen molar-refractivity contribution >= 4 is 10.8 Å². The van der Waals surface area contributed by atoms with Gasteiger partial charge in [-0.3, -0.25) is 0 Å². The predicted octanol–water partition coefficient (Wildman–Crippen LogP) is 4.37. The van der Waals surface area contributed by atoms with E-state index >= 15 is 0 Å². The van der Waals surface area contributed by atoms with Gasteiger partial charge in [0, 0.05) is 0 Å². The van der Waals surface area contributed by atoms with Crippen LogP contribution in [0.5, 0.6) is 5.75 Å². The minimum absolute atomic E-state index is 0.253. The molecule has 2 nitrogen and oxygen atoms in total. The summed E-state index contributed by atoms with van der Waals surface area (Å²) < 4.78 is 5.83. The fourth-order valence-corrected chi connectivity index (χ4v) is 2.25. The summed E-state index contributed by atoms with van der Waals surface area (Å²) >= 11 is 0. The summed E-state index contributed by atoms with van der Waals surface area (Å²) in [5.41, 5.74) is 5.99. The molecular formula is C18H25NO. The van der Waals surface area contributed by atoms with E-state index in [2.05, 4.69) is 50.2 Å². The number of ether oxygens (including phenoxy) is 1. The van der Waals surface area contributed by atoms with Gasteiger partial charge < -0.3 is 10.5 Å². The van der Waals surface area contributed by atoms with E-state index in [0.29, 0.717) is 0 Å². The normalized spacial score (nSPS) is 11.8. The van der Waals surface area contributed by atoms with Crippen LogP contribution >= 0.6 is 0 Å². The highest BCUT2D eigenvalue weighted by Gasteiger charge is 2.14. The van der Waals surface area contributed by atoms with Gasteiger partial charge in [0.05, 0.1) is 6.61 Å². The van der Waals surface area contributed by atoms with Gasteiger partial charge >= 0.3 is 0 Å². The van der Waals surface area contributed by atoms with Crippen LogP contribution in [-0.4, -0.2) is 13.2 Å². The smallest absolute Gasteiger partial charge is 0.119 e. The van der Waals surface area contributed by atoms with Gasteiger partial charge in [0.25, 0.3) is 0 Å². The van der Waals surface area contributed by atoms with Crippen molar-refractivity contribution in [1.82, 2.24) is 0 Å². The van der Waals surface area contributed by atoms with Crippen molar-refractivity contribution < 1.29 is 4.74 Å². The van der Waals surface area contributed by atoms with E-state index in [1.807, 2.05) is 6.07 Å². The van der Waals surface area contributed by atoms with Crippen molar-refractivity contribution in [1.29, 1.82) is 0 Å². The highest BCUT2D eigenvalue weighted by Crippen LogP contribution is 2.23. The summed E-state index contributed by atoms with van der Waals surface area (Å²) in [6.45, 7) is 5.96. The van der Waals surface area contributed by atoms with Crippen LogP contribution in [0.3, 0.4) is 0 Å². The third-order valence-corrected chi connectivity index (χ3v) is 3.79. The van der Waals surface area contributed by atoms with Gasteiger partial charge in [-0.15, -0.1) is 0 Å². The molecule has 0 aliphatic heterocycles. The number of fused-ring (bicyclic) bond motifs is 1. The number of rotatable bonds is 7. The summed E-state index contributed by atoms with van der Waals surface area (Å²) in [5, 5.41) is 2.49. The highest BCUT2D eigenvalue weighted by atomic mass is 16.5. The molecule has 108 valence electrons. The van der Waals surface area contributed by atoms with Gasteiger partial charge in [0.2, 0.25) is 0 Å². The van der Waals surface area contributed by atoms with Crippen molar-refractivity contribution in [2.24, 2.45) is 11.1 Å². The number of hydrogen-bond donors (Lipinski definition) is 1. The average molecular weight is 271 g/mol. The molecule has 20 heavy (non-hydrogen) atoms. The maximum absolute atomic E-state index is 5.83. The van der Waals surface area contributed by atoms with Crippen molar-refractivity contribution in [2.45, 2.75) is 33.1 Å². The molecule has 0 fully saturated rings. The molecule has 0 aliphatic carbocycles. The van der Waals surface area contributed by atoms with Crippen molar-refractivity contribution in [3.05, 3.63) is 42.5 Å². The third kappa shape index (κ3) is 4.24. The van der Waals surface area contributed by atoms with E-state index in [1.165, 1.54) is 10.8 Å². The number of hydrogen-bond acceptors (Lipinski definition) is 2. The van der Waals surface area contributed by atoms with Gasteiger partial charge in [-0.25, -0.2) is 0 Å². The lowest BCUT2D eigenvalue weighted by molar-refractivity contribution is 0.279. The van der Waals surface area contributed by atoms with Crippen LogP contribution in [0.2, 0.25) is 0 Å². The number of benzene rings is 2. The minimum Gasteiger partial charge on any atom is -0.494 e. The Balaban J connectivity index is 1.78. The van der Waals surface area contributed by atoms with Gasteiger partial charge in [-0.1, -0.05) is 44.2 Å². The first kappa shape index (κ1) is 14.9. The van der Waals surface area contributed by atoms with Crippen LogP contribution in [0.25, 0.3) is 10.8 Å². The molecular weight excluding hydrogens is 246 g/mol. The Morgan fingerprint density at radius 2 is 1.75 bits per heavy atom. The molecule has 0 heterocycles. The maximum Gasteiger partial charge on any atom is 0.119 e. The molecule has 0 saturated carbocycles. The number of nitrogens with two attached hydrogens (primary N) is 1. The molecule has 0 amide bonds. The summed E-state index contributed by atoms with van der Waals surface area (Å²) in [6.07, 6.45) is 3.40. The van der Waals surface area contributed by atoms with E-state index in [1.54, 1.807) is 0 Å². The number of unbranched alkanes of at least 4 members (excludes halogenated alkanes) is 1. The molecule has 0 atom stereocenters. The van der Waals surface area contributed by atoms with Crippen LogP contribution in [0, 0.1) is 5.41 Å². The topological polar surface area (TPSA) is 35.2 Å². The summed E-state index contributed by atoms with van der Waals surface area (Å²) in [5.74, 6) is 0.960. The van der Waals surface area contributed by atoms with E-state index in [9.17, 15) is 0 Å². The van der Waals surface area contributed by atoms with Gasteiger partial charge in [-0.2, -0.15) is 0 Å². The van der Waals surface area contributed by atoms with Crippen LogP contribution < -0.4 is 10.5 Å². The Hall–Kier alpha value is -1.54. The fourth-order valence-electron chi connectivity index (χ4n) is 2.25. The molecule has 0 aliphatic rings. The molecule has 0 unspecified atom stereocenters. The monoisotopic (exact) mass is 271 g/mol. The van der Waals surface area contributed by atoms with E-state index in [4.69, 9.17) is 10.5 Å². The molecule has 2 rings (SSSR count). The van der Waals surface area contributed by atoms with Crippen molar-refractivity contribution in [2.75, 3.05) is 13.2 Å². The molecule has 0 bridgehead atoms. The molecule has 0 radical (unpaired) electrons. The first-order valence-electron chi connectivity index (χ1n) is 7.42. The maximum atomic E-state index is 5.83. The Kier molecular flexibility index (Phi) is 5.02. The second kappa shape index (κ2) is 6.76. The van der Waals surface area contributed by atoms with Crippen LogP contribution in [0.15, 0.2) is 42.5 Å². The Labute approximate surface area is 121 Å². The fraction of sp³-hybridized carbons (Fsp3) is 0.444.